The van der Waals surface area contributed by atoms with Crippen LogP contribution in [0, 0.1) is 5.92 Å². The summed E-state index contributed by atoms with van der Waals surface area (Å²) in [6.07, 6.45) is 0.813. The van der Waals surface area contributed by atoms with Crippen LogP contribution in [0.3, 0.4) is 0 Å². The molecule has 9 heteroatoms. The molecule has 0 radical (unpaired) electrons. The van der Waals surface area contributed by atoms with Gasteiger partial charge in [0.05, 0.1) is 11.4 Å². The van der Waals surface area contributed by atoms with Crippen molar-refractivity contribution in [2.45, 2.75) is 13.0 Å². The van der Waals surface area contributed by atoms with E-state index in [2.05, 4.69) is 26.6 Å². The molecule has 0 bridgehead atoms. The zero-order chi connectivity index (χ0) is 25.4. The van der Waals surface area contributed by atoms with Crippen molar-refractivity contribution in [1.29, 1.82) is 0 Å². The molecule has 180 valence electrons. The maximum absolute atomic E-state index is 12.6. The van der Waals surface area contributed by atoms with Crippen molar-refractivity contribution in [1.82, 2.24) is 5.32 Å². The summed E-state index contributed by atoms with van der Waals surface area (Å²) in [6.45, 7) is 1.71. The third kappa shape index (κ3) is 7.18. The van der Waals surface area contributed by atoms with Crippen LogP contribution in [0.1, 0.15) is 28.9 Å². The Kier molecular flexibility index (Phi) is 8.63. The number of anilines is 2. The van der Waals surface area contributed by atoms with Crippen LogP contribution >= 0.6 is 15.9 Å². The zero-order valence-corrected chi connectivity index (χ0v) is 20.4. The maximum atomic E-state index is 12.6. The first-order chi connectivity index (χ1) is 16.7. The van der Waals surface area contributed by atoms with Crippen LogP contribution in [0.25, 0.3) is 0 Å². The van der Waals surface area contributed by atoms with E-state index in [-0.39, 0.29) is 11.3 Å². The van der Waals surface area contributed by atoms with Gasteiger partial charge >= 0.3 is 6.09 Å². The minimum absolute atomic E-state index is 0.109. The van der Waals surface area contributed by atoms with E-state index in [9.17, 15) is 19.5 Å². The summed E-state index contributed by atoms with van der Waals surface area (Å²) in [5.41, 5.74) is 7.32. The second-order valence-corrected chi connectivity index (χ2v) is 8.56. The van der Waals surface area contributed by atoms with Crippen LogP contribution in [0.15, 0.2) is 89.4 Å². The van der Waals surface area contributed by atoms with E-state index in [0.717, 1.165) is 0 Å². The number of phenolic OH excluding ortho intramolecular Hbond substituents is 1. The summed E-state index contributed by atoms with van der Waals surface area (Å²) >= 11 is 3.34. The summed E-state index contributed by atoms with van der Waals surface area (Å²) in [6, 6.07) is 19.7. The average molecular weight is 538 g/mol. The number of phenols is 1. The van der Waals surface area contributed by atoms with Crippen LogP contribution in [-0.2, 0) is 9.53 Å². The topological polar surface area (TPSA) is 131 Å². The van der Waals surface area contributed by atoms with E-state index in [4.69, 9.17) is 10.5 Å². The molecule has 5 N–H and O–H groups in total. The van der Waals surface area contributed by atoms with Gasteiger partial charge in [-0.1, -0.05) is 59.3 Å². The molecule has 0 aliphatic rings. The van der Waals surface area contributed by atoms with Gasteiger partial charge in [-0.05, 0) is 48.5 Å². The molecule has 0 aromatic heterocycles. The molecule has 3 rings (SSSR count). The summed E-state index contributed by atoms with van der Waals surface area (Å²) in [5, 5.41) is 15.3. The van der Waals surface area contributed by atoms with Crippen molar-refractivity contribution < 1.29 is 24.2 Å². The van der Waals surface area contributed by atoms with Gasteiger partial charge in [0.25, 0.3) is 5.91 Å². The lowest BCUT2D eigenvalue weighted by molar-refractivity contribution is -0.111. The molecule has 0 saturated heterocycles. The minimum Gasteiger partial charge on any atom is -0.508 e. The van der Waals surface area contributed by atoms with Crippen molar-refractivity contribution in [2.75, 3.05) is 11.1 Å². The van der Waals surface area contributed by atoms with Gasteiger partial charge < -0.3 is 20.9 Å². The number of carbonyl (C=O) groups is 3. The molecule has 2 atom stereocenters. The van der Waals surface area contributed by atoms with Crippen LogP contribution in [-0.4, -0.2) is 23.0 Å². The molecular weight excluding hydrogens is 514 g/mol. The first-order valence-corrected chi connectivity index (χ1v) is 11.4. The van der Waals surface area contributed by atoms with Crippen molar-refractivity contribution in [2.24, 2.45) is 5.92 Å². The third-order valence-corrected chi connectivity index (χ3v) is 5.52. The lowest BCUT2D eigenvalue weighted by atomic mass is 9.96. The highest BCUT2D eigenvalue weighted by Crippen LogP contribution is 2.35. The molecular formula is C26H24BrN3O5. The Balaban J connectivity index is 1.77. The first kappa shape index (κ1) is 25.5. The number of nitrogens with one attached hydrogen (secondary N) is 2. The Morgan fingerprint density at radius 3 is 2.43 bits per heavy atom. The Morgan fingerprint density at radius 1 is 1.03 bits per heavy atom. The Hall–Kier alpha value is -4.11. The number of nitrogen functional groups attached to an aromatic ring is 1. The maximum Gasteiger partial charge on any atom is 0.414 e. The molecule has 0 aliphatic carbocycles. The summed E-state index contributed by atoms with van der Waals surface area (Å²) in [4.78, 5) is 37.3. The molecule has 3 amide bonds. The van der Waals surface area contributed by atoms with Gasteiger partial charge in [-0.2, -0.15) is 0 Å². The minimum atomic E-state index is -1.01. The normalized spacial score (nSPS) is 12.5. The summed E-state index contributed by atoms with van der Waals surface area (Å²) < 4.78 is 6.19. The van der Waals surface area contributed by atoms with Gasteiger partial charge in [-0.25, -0.2) is 4.79 Å². The SMILES string of the molecule is C[C@@H](/C=C/C(=O)Nc1ccccc1N)[C@H](OC(=O)NC(=O)c1ccccc1)c1cc(Br)ccc1O. The van der Waals surface area contributed by atoms with Gasteiger partial charge in [-0.3, -0.25) is 14.9 Å². The number of hydrogen-bond acceptors (Lipinski definition) is 6. The van der Waals surface area contributed by atoms with E-state index in [1.165, 1.54) is 18.2 Å². The van der Waals surface area contributed by atoms with Crippen LogP contribution in [0.4, 0.5) is 16.2 Å². The highest BCUT2D eigenvalue weighted by molar-refractivity contribution is 9.10. The van der Waals surface area contributed by atoms with E-state index in [1.807, 2.05) is 0 Å². The number of rotatable bonds is 7. The predicted molar refractivity (Wildman–Crippen MR) is 137 cm³/mol. The third-order valence-electron chi connectivity index (χ3n) is 5.03. The van der Waals surface area contributed by atoms with Crippen molar-refractivity contribution in [3.05, 3.63) is 101 Å². The van der Waals surface area contributed by atoms with Gasteiger partial charge in [0.2, 0.25) is 5.91 Å². The van der Waals surface area contributed by atoms with E-state index in [0.29, 0.717) is 21.4 Å². The molecule has 0 aliphatic heterocycles. The molecule has 0 unspecified atom stereocenters. The number of hydrogen-bond donors (Lipinski definition) is 4. The lowest BCUT2D eigenvalue weighted by Gasteiger charge is -2.23. The number of nitrogens with two attached hydrogens (primary N) is 1. The first-order valence-electron chi connectivity index (χ1n) is 10.6. The number of halogens is 1. The molecule has 35 heavy (non-hydrogen) atoms. The molecule has 0 fully saturated rings. The number of ether oxygens (including phenoxy) is 1. The highest BCUT2D eigenvalue weighted by atomic mass is 79.9. The van der Waals surface area contributed by atoms with Crippen molar-refractivity contribution in [3.63, 3.8) is 0 Å². The van der Waals surface area contributed by atoms with Crippen molar-refractivity contribution in [3.8, 4) is 5.75 Å². The van der Waals surface area contributed by atoms with Crippen LogP contribution in [0.5, 0.6) is 5.75 Å². The van der Waals surface area contributed by atoms with Gasteiger partial charge in [0.1, 0.15) is 11.9 Å². The standard InChI is InChI=1S/C26H24BrN3O5/c1-16(11-14-23(32)29-21-10-6-5-9-20(21)28)24(19-15-18(27)12-13-22(19)31)35-26(34)30-25(33)17-7-3-2-4-8-17/h2-16,24,31H,28H2,1H3,(H,29,32)(H,30,33,34)/b14-11+/t16-,24-/m0/s1. The number of carbonyl (C=O) groups excluding carboxylic acids is 3. The number of imide groups is 1. The smallest absolute Gasteiger partial charge is 0.414 e. The van der Waals surface area contributed by atoms with E-state index < -0.39 is 29.9 Å². The number of amides is 3. The summed E-state index contributed by atoms with van der Waals surface area (Å²) in [7, 11) is 0. The quantitative estimate of drug-likeness (QED) is 0.242. The largest absolute Gasteiger partial charge is 0.508 e. The van der Waals surface area contributed by atoms with Crippen LogP contribution in [0.2, 0.25) is 0 Å². The second kappa shape index (κ2) is 11.8. The van der Waals surface area contributed by atoms with Gasteiger partial charge in [-0.15, -0.1) is 0 Å². The van der Waals surface area contributed by atoms with Gasteiger partial charge in [0, 0.05) is 21.5 Å². The fourth-order valence-electron chi connectivity index (χ4n) is 3.23. The molecule has 0 saturated carbocycles. The molecule has 3 aromatic rings. The van der Waals surface area contributed by atoms with E-state index in [1.54, 1.807) is 73.7 Å². The second-order valence-electron chi connectivity index (χ2n) is 7.64. The van der Waals surface area contributed by atoms with Crippen molar-refractivity contribution >= 4 is 45.2 Å². The lowest BCUT2D eigenvalue weighted by Crippen LogP contribution is -2.33. The fourth-order valence-corrected chi connectivity index (χ4v) is 3.61. The molecule has 0 heterocycles. The Bertz CT molecular complexity index is 1250. The monoisotopic (exact) mass is 537 g/mol. The molecule has 3 aromatic carbocycles. The average Bonchev–Trinajstić information content (AvgIpc) is 2.84. The summed E-state index contributed by atoms with van der Waals surface area (Å²) in [5.74, 6) is -1.74. The fraction of sp³-hybridized carbons (Fsp3) is 0.115. The predicted octanol–water partition coefficient (Wildman–Crippen LogP) is 5.18. The van der Waals surface area contributed by atoms with Crippen LogP contribution < -0.4 is 16.4 Å². The molecule has 8 nitrogen and oxygen atoms in total. The van der Waals surface area contributed by atoms with E-state index >= 15 is 0 Å². The number of alkyl carbamates (subject to hydrolysis) is 1. The Labute approximate surface area is 210 Å². The highest BCUT2D eigenvalue weighted by Gasteiger charge is 2.26. The molecule has 0 spiro atoms. The number of aromatic hydroxyl groups is 1. The number of para-hydroxylation sites is 2. The Morgan fingerprint density at radius 2 is 1.71 bits per heavy atom. The number of benzene rings is 3. The van der Waals surface area contributed by atoms with Gasteiger partial charge in [0.15, 0.2) is 0 Å². The zero-order valence-electron chi connectivity index (χ0n) is 18.8.